The highest BCUT2D eigenvalue weighted by molar-refractivity contribution is 7.89. The van der Waals surface area contributed by atoms with Gasteiger partial charge in [-0.15, -0.1) is 12.4 Å². The molecule has 0 bridgehead atoms. The number of likely N-dealkylation sites (N-methyl/N-ethyl adjacent to an activating group) is 2. The molecule has 0 spiro atoms. The van der Waals surface area contributed by atoms with Crippen molar-refractivity contribution in [2.24, 2.45) is 0 Å². The van der Waals surface area contributed by atoms with Crippen LogP contribution in [0.1, 0.15) is 5.56 Å². The van der Waals surface area contributed by atoms with Crippen LogP contribution in [0.25, 0.3) is 0 Å². The van der Waals surface area contributed by atoms with E-state index in [0.717, 1.165) is 0 Å². The maximum Gasteiger partial charge on any atom is 0.243 e. The Labute approximate surface area is 125 Å². The van der Waals surface area contributed by atoms with Crippen LogP contribution in [0.3, 0.4) is 0 Å². The molecule has 2 rings (SSSR count). The quantitative estimate of drug-likeness (QED) is 0.875. The third kappa shape index (κ3) is 3.17. The number of rotatable bonds is 5. The van der Waals surface area contributed by atoms with Gasteiger partial charge < -0.3 is 14.8 Å². The fraction of sp³-hybridized carbons (Fsp3) is 0.500. The Bertz CT molecular complexity index is 577. The number of nitrogens with one attached hydrogen (secondary N) is 1. The van der Waals surface area contributed by atoms with Crippen molar-refractivity contribution in [3.63, 3.8) is 0 Å². The number of aryl methyl sites for hydroxylation is 1. The van der Waals surface area contributed by atoms with Crippen LogP contribution < -0.4 is 14.8 Å². The van der Waals surface area contributed by atoms with E-state index in [9.17, 15) is 8.42 Å². The van der Waals surface area contributed by atoms with Crippen molar-refractivity contribution in [2.45, 2.75) is 11.8 Å². The van der Waals surface area contributed by atoms with Crippen LogP contribution >= 0.6 is 12.4 Å². The fourth-order valence-corrected chi connectivity index (χ4v) is 3.25. The van der Waals surface area contributed by atoms with E-state index in [1.807, 2.05) is 0 Å². The molecule has 0 aliphatic carbocycles. The second-order valence-corrected chi connectivity index (χ2v) is 6.41. The number of benzene rings is 1. The summed E-state index contributed by atoms with van der Waals surface area (Å²) in [7, 11) is -0.156. The van der Waals surface area contributed by atoms with Crippen molar-refractivity contribution >= 4 is 22.4 Å². The van der Waals surface area contributed by atoms with Gasteiger partial charge in [0.25, 0.3) is 0 Å². The molecule has 8 heteroatoms. The van der Waals surface area contributed by atoms with E-state index in [4.69, 9.17) is 9.47 Å². The molecule has 0 unspecified atom stereocenters. The van der Waals surface area contributed by atoms with E-state index >= 15 is 0 Å². The zero-order valence-electron chi connectivity index (χ0n) is 11.7. The first-order valence-electron chi connectivity index (χ1n) is 5.98. The molecule has 1 heterocycles. The number of hydrogen-bond acceptors (Lipinski definition) is 5. The van der Waals surface area contributed by atoms with Gasteiger partial charge >= 0.3 is 0 Å². The molecule has 0 radical (unpaired) electrons. The number of ether oxygens (including phenoxy) is 2. The predicted molar refractivity (Wildman–Crippen MR) is 78.3 cm³/mol. The van der Waals surface area contributed by atoms with E-state index in [1.54, 1.807) is 27.1 Å². The van der Waals surface area contributed by atoms with Crippen LogP contribution in [0.15, 0.2) is 17.0 Å². The van der Waals surface area contributed by atoms with Crippen LogP contribution in [0.4, 0.5) is 0 Å². The average Bonchev–Trinajstić information content (AvgIpc) is 2.81. The molecule has 0 amide bonds. The van der Waals surface area contributed by atoms with Crippen molar-refractivity contribution in [1.82, 2.24) is 9.62 Å². The maximum absolute atomic E-state index is 12.5. The Morgan fingerprint density at radius 1 is 1.30 bits per heavy atom. The summed E-state index contributed by atoms with van der Waals surface area (Å²) in [4.78, 5) is 0.260. The minimum atomic E-state index is -3.51. The Kier molecular flexibility index (Phi) is 5.64. The van der Waals surface area contributed by atoms with Gasteiger partial charge in [-0.25, -0.2) is 8.42 Å². The highest BCUT2D eigenvalue weighted by Crippen LogP contribution is 2.36. The van der Waals surface area contributed by atoms with Crippen molar-refractivity contribution in [1.29, 1.82) is 0 Å². The highest BCUT2D eigenvalue weighted by Gasteiger charge is 2.26. The lowest BCUT2D eigenvalue weighted by atomic mass is 10.2. The first-order valence-corrected chi connectivity index (χ1v) is 7.42. The predicted octanol–water partition coefficient (Wildman–Crippen LogP) is 0.985. The monoisotopic (exact) mass is 322 g/mol. The first kappa shape index (κ1) is 17.0. The lowest BCUT2D eigenvalue weighted by molar-refractivity contribution is 0.174. The zero-order chi connectivity index (χ0) is 14.0. The van der Waals surface area contributed by atoms with E-state index in [0.29, 0.717) is 30.2 Å². The van der Waals surface area contributed by atoms with Crippen LogP contribution in [-0.2, 0) is 10.0 Å². The summed E-state index contributed by atoms with van der Waals surface area (Å²) in [6.45, 7) is 2.89. The van der Waals surface area contributed by atoms with Crippen LogP contribution in [0, 0.1) is 6.92 Å². The van der Waals surface area contributed by atoms with E-state index in [1.165, 1.54) is 10.4 Å². The van der Waals surface area contributed by atoms with Gasteiger partial charge in [0.2, 0.25) is 16.8 Å². The van der Waals surface area contributed by atoms with Gasteiger partial charge in [-0.1, -0.05) is 0 Å². The number of hydrogen-bond donors (Lipinski definition) is 1. The number of sulfonamides is 1. The highest BCUT2D eigenvalue weighted by atomic mass is 35.5. The molecule has 20 heavy (non-hydrogen) atoms. The van der Waals surface area contributed by atoms with Gasteiger partial charge in [-0.3, -0.25) is 0 Å². The van der Waals surface area contributed by atoms with Gasteiger partial charge in [-0.05, 0) is 25.6 Å². The summed E-state index contributed by atoms with van der Waals surface area (Å²) >= 11 is 0. The van der Waals surface area contributed by atoms with Crippen molar-refractivity contribution < 1.29 is 17.9 Å². The largest absolute Gasteiger partial charge is 0.454 e. The van der Waals surface area contributed by atoms with Crippen molar-refractivity contribution in [2.75, 3.05) is 34.0 Å². The van der Waals surface area contributed by atoms with Gasteiger partial charge in [0.05, 0.1) is 4.90 Å². The van der Waals surface area contributed by atoms with Gasteiger partial charge in [0, 0.05) is 26.2 Å². The Hall–Kier alpha value is -1.02. The Balaban J connectivity index is 0.00000200. The third-order valence-electron chi connectivity index (χ3n) is 3.04. The van der Waals surface area contributed by atoms with Crippen molar-refractivity contribution in [3.05, 3.63) is 17.7 Å². The summed E-state index contributed by atoms with van der Waals surface area (Å²) in [5.74, 6) is 1.07. The van der Waals surface area contributed by atoms with E-state index in [-0.39, 0.29) is 24.1 Å². The molecule has 0 atom stereocenters. The molecule has 114 valence electrons. The number of halogens is 1. The van der Waals surface area contributed by atoms with Crippen LogP contribution in [0.5, 0.6) is 11.5 Å². The molecule has 1 aliphatic rings. The molecule has 6 nitrogen and oxygen atoms in total. The molecule has 0 saturated carbocycles. The Morgan fingerprint density at radius 3 is 2.50 bits per heavy atom. The lowest BCUT2D eigenvalue weighted by Gasteiger charge is -2.18. The zero-order valence-corrected chi connectivity index (χ0v) is 13.3. The van der Waals surface area contributed by atoms with Crippen LogP contribution in [-0.4, -0.2) is 46.7 Å². The van der Waals surface area contributed by atoms with Crippen LogP contribution in [0.2, 0.25) is 0 Å². The summed E-state index contributed by atoms with van der Waals surface area (Å²) in [5.41, 5.74) is 0.653. The normalized spacial score (nSPS) is 13.4. The van der Waals surface area contributed by atoms with Gasteiger partial charge in [0.15, 0.2) is 11.5 Å². The second-order valence-electron chi connectivity index (χ2n) is 4.40. The summed E-state index contributed by atoms with van der Waals surface area (Å²) < 4.78 is 36.7. The lowest BCUT2D eigenvalue weighted by Crippen LogP contribution is -2.33. The summed E-state index contributed by atoms with van der Waals surface area (Å²) in [5, 5.41) is 2.93. The van der Waals surface area contributed by atoms with E-state index < -0.39 is 10.0 Å². The molecule has 0 saturated heterocycles. The Morgan fingerprint density at radius 2 is 1.90 bits per heavy atom. The minimum Gasteiger partial charge on any atom is -0.454 e. The standard InChI is InChI=1S/C12H18N2O4S.ClH/c1-9-6-10-11(18-8-17-10)7-12(9)19(15,16)14(3)5-4-13-2;/h6-7,13H,4-5,8H2,1-3H3;1H. The molecular formula is C12H19ClN2O4S. The smallest absolute Gasteiger partial charge is 0.243 e. The summed E-state index contributed by atoms with van der Waals surface area (Å²) in [6, 6.07) is 3.23. The summed E-state index contributed by atoms with van der Waals surface area (Å²) in [6.07, 6.45) is 0. The molecular weight excluding hydrogens is 304 g/mol. The number of fused-ring (bicyclic) bond motifs is 1. The number of nitrogens with zero attached hydrogens (tertiary/aromatic N) is 1. The molecule has 1 aromatic carbocycles. The minimum absolute atomic E-state index is 0. The molecule has 1 N–H and O–H groups in total. The van der Waals surface area contributed by atoms with Crippen molar-refractivity contribution in [3.8, 4) is 11.5 Å². The second kappa shape index (κ2) is 6.62. The molecule has 0 aromatic heterocycles. The first-order chi connectivity index (χ1) is 8.96. The van der Waals surface area contributed by atoms with Gasteiger partial charge in [0.1, 0.15) is 0 Å². The average molecular weight is 323 g/mol. The SMILES string of the molecule is CNCCN(C)S(=O)(=O)c1cc2c(cc1C)OCO2.Cl. The van der Waals surface area contributed by atoms with E-state index in [2.05, 4.69) is 5.32 Å². The molecule has 0 fully saturated rings. The fourth-order valence-electron chi connectivity index (χ4n) is 1.86. The molecule has 1 aromatic rings. The third-order valence-corrected chi connectivity index (χ3v) is 5.03. The maximum atomic E-state index is 12.5. The van der Waals surface area contributed by atoms with Gasteiger partial charge in [-0.2, -0.15) is 4.31 Å². The topological polar surface area (TPSA) is 67.9 Å². The molecule has 1 aliphatic heterocycles.